The van der Waals surface area contributed by atoms with Crippen LogP contribution in [0.5, 0.6) is 0 Å². The second-order valence-electron chi connectivity index (χ2n) is 3.51. The van der Waals surface area contributed by atoms with Crippen molar-refractivity contribution < 1.29 is 27.1 Å². The van der Waals surface area contributed by atoms with Gasteiger partial charge in [0.15, 0.2) is 6.61 Å². The van der Waals surface area contributed by atoms with Gasteiger partial charge < -0.3 is 14.5 Å². The van der Waals surface area contributed by atoms with Crippen LogP contribution in [0, 0.1) is 6.92 Å². The predicted molar refractivity (Wildman–Crippen MR) is 52.4 cm³/mol. The highest BCUT2D eigenvalue weighted by Gasteiger charge is 2.29. The Kier molecular flexibility index (Phi) is 4.03. The number of amides is 1. The van der Waals surface area contributed by atoms with E-state index in [2.05, 4.69) is 10.1 Å². The number of alkyl carbamates (subject to hydrolysis) is 1. The van der Waals surface area contributed by atoms with Crippen molar-refractivity contribution in [2.24, 2.45) is 0 Å². The maximum atomic E-state index is 11.8. The third kappa shape index (κ3) is 4.80. The fourth-order valence-electron chi connectivity index (χ4n) is 1.12. The Morgan fingerprint density at radius 1 is 1.53 bits per heavy atom. The van der Waals surface area contributed by atoms with Gasteiger partial charge in [0, 0.05) is 0 Å². The molecule has 0 aromatic carbocycles. The Hall–Kier alpha value is -1.66. The molecule has 96 valence electrons. The molecule has 17 heavy (non-hydrogen) atoms. The quantitative estimate of drug-likeness (QED) is 0.898. The van der Waals surface area contributed by atoms with Crippen LogP contribution in [0.3, 0.4) is 0 Å². The summed E-state index contributed by atoms with van der Waals surface area (Å²) in [6.07, 6.45) is -5.66. The zero-order chi connectivity index (χ0) is 13.1. The van der Waals surface area contributed by atoms with Gasteiger partial charge in [0.2, 0.25) is 0 Å². The van der Waals surface area contributed by atoms with Gasteiger partial charge in [-0.05, 0) is 26.0 Å². The second-order valence-corrected chi connectivity index (χ2v) is 3.51. The van der Waals surface area contributed by atoms with Crippen molar-refractivity contribution in [3.05, 3.63) is 23.7 Å². The van der Waals surface area contributed by atoms with E-state index in [4.69, 9.17) is 4.42 Å². The van der Waals surface area contributed by atoms with Gasteiger partial charge in [0.1, 0.15) is 11.5 Å². The third-order valence-corrected chi connectivity index (χ3v) is 1.89. The molecule has 0 saturated heterocycles. The highest BCUT2D eigenvalue weighted by molar-refractivity contribution is 5.67. The highest BCUT2D eigenvalue weighted by atomic mass is 19.4. The molecule has 0 aliphatic carbocycles. The van der Waals surface area contributed by atoms with Crippen LogP contribution < -0.4 is 5.32 Å². The van der Waals surface area contributed by atoms with E-state index in [-0.39, 0.29) is 0 Å². The third-order valence-electron chi connectivity index (χ3n) is 1.89. The summed E-state index contributed by atoms with van der Waals surface area (Å²) in [7, 11) is 0. The molecule has 1 aromatic rings. The summed E-state index contributed by atoms with van der Waals surface area (Å²) >= 11 is 0. The van der Waals surface area contributed by atoms with Crippen molar-refractivity contribution in [3.63, 3.8) is 0 Å². The molecule has 1 rings (SSSR count). The number of ether oxygens (including phenoxy) is 1. The first-order valence-corrected chi connectivity index (χ1v) is 4.84. The number of furan rings is 1. The molecule has 1 unspecified atom stereocenters. The van der Waals surface area contributed by atoms with Gasteiger partial charge in [-0.1, -0.05) is 0 Å². The van der Waals surface area contributed by atoms with Crippen LogP contribution in [0.1, 0.15) is 24.5 Å². The Morgan fingerprint density at radius 2 is 2.18 bits per heavy atom. The Morgan fingerprint density at radius 3 is 2.65 bits per heavy atom. The minimum Gasteiger partial charge on any atom is -0.464 e. The number of hydrogen-bond donors (Lipinski definition) is 1. The van der Waals surface area contributed by atoms with E-state index in [9.17, 15) is 18.0 Å². The van der Waals surface area contributed by atoms with Crippen LogP contribution in [-0.4, -0.2) is 18.9 Å². The summed E-state index contributed by atoms with van der Waals surface area (Å²) in [6, 6.07) is 2.77. The maximum Gasteiger partial charge on any atom is 0.422 e. The highest BCUT2D eigenvalue weighted by Crippen LogP contribution is 2.17. The molecule has 0 radical (unpaired) electrons. The zero-order valence-corrected chi connectivity index (χ0v) is 9.30. The van der Waals surface area contributed by atoms with Crippen LogP contribution in [0.25, 0.3) is 0 Å². The van der Waals surface area contributed by atoms with Gasteiger partial charge in [0.25, 0.3) is 0 Å². The molecule has 7 heteroatoms. The fourth-order valence-corrected chi connectivity index (χ4v) is 1.12. The predicted octanol–water partition coefficient (Wildman–Crippen LogP) is 2.94. The van der Waals surface area contributed by atoms with Gasteiger partial charge >= 0.3 is 12.3 Å². The Bertz CT molecular complexity index is 386. The molecule has 1 atom stereocenters. The zero-order valence-electron chi connectivity index (χ0n) is 9.30. The molecular formula is C10H12F3NO3. The van der Waals surface area contributed by atoms with Crippen LogP contribution in [-0.2, 0) is 4.74 Å². The van der Waals surface area contributed by atoms with Crippen molar-refractivity contribution in [2.75, 3.05) is 6.61 Å². The number of carbonyl (C=O) groups excluding carboxylic acids is 1. The van der Waals surface area contributed by atoms with E-state index < -0.39 is 24.9 Å². The molecule has 1 heterocycles. The monoisotopic (exact) mass is 251 g/mol. The van der Waals surface area contributed by atoms with Crippen molar-refractivity contribution in [1.82, 2.24) is 5.32 Å². The molecule has 1 N–H and O–H groups in total. The lowest BCUT2D eigenvalue weighted by molar-refractivity contribution is -0.160. The lowest BCUT2D eigenvalue weighted by atomic mass is 10.2. The van der Waals surface area contributed by atoms with Crippen molar-refractivity contribution in [1.29, 1.82) is 0 Å². The lowest BCUT2D eigenvalue weighted by Crippen LogP contribution is -2.30. The SMILES string of the molecule is Cc1ccc(C(C)NC(=O)OCC(F)(F)F)o1. The minimum absolute atomic E-state index is 0.450. The van der Waals surface area contributed by atoms with E-state index in [0.29, 0.717) is 11.5 Å². The second kappa shape index (κ2) is 5.11. The van der Waals surface area contributed by atoms with Crippen LogP contribution >= 0.6 is 0 Å². The molecule has 0 bridgehead atoms. The van der Waals surface area contributed by atoms with Crippen LogP contribution in [0.15, 0.2) is 16.5 Å². The first-order chi connectivity index (χ1) is 7.78. The smallest absolute Gasteiger partial charge is 0.422 e. The van der Waals surface area contributed by atoms with E-state index in [1.807, 2.05) is 0 Å². The van der Waals surface area contributed by atoms with Crippen molar-refractivity contribution >= 4 is 6.09 Å². The Balaban J connectivity index is 2.41. The molecule has 1 aromatic heterocycles. The van der Waals surface area contributed by atoms with E-state index in [1.54, 1.807) is 26.0 Å². The summed E-state index contributed by atoms with van der Waals surface area (Å²) in [5, 5.41) is 2.23. The summed E-state index contributed by atoms with van der Waals surface area (Å²) in [5.74, 6) is 1.10. The summed E-state index contributed by atoms with van der Waals surface area (Å²) < 4.78 is 44.5. The molecule has 0 aliphatic heterocycles. The van der Waals surface area contributed by atoms with Gasteiger partial charge in [0.05, 0.1) is 6.04 Å². The van der Waals surface area contributed by atoms with E-state index in [1.165, 1.54) is 0 Å². The molecule has 4 nitrogen and oxygen atoms in total. The fraction of sp³-hybridized carbons (Fsp3) is 0.500. The van der Waals surface area contributed by atoms with Gasteiger partial charge in [-0.15, -0.1) is 0 Å². The standard InChI is InChI=1S/C10H12F3NO3/c1-6-3-4-8(17-6)7(2)14-9(15)16-5-10(11,12)13/h3-4,7H,5H2,1-2H3,(H,14,15). The number of nitrogens with one attached hydrogen (secondary N) is 1. The van der Waals surface area contributed by atoms with Gasteiger partial charge in [-0.2, -0.15) is 13.2 Å². The average Bonchev–Trinajstić information content (AvgIpc) is 2.61. The number of rotatable bonds is 3. The summed E-state index contributed by atoms with van der Waals surface area (Å²) in [5.41, 5.74) is 0. The van der Waals surface area contributed by atoms with E-state index in [0.717, 1.165) is 0 Å². The Labute approximate surface area is 95.7 Å². The van der Waals surface area contributed by atoms with Gasteiger partial charge in [-0.3, -0.25) is 0 Å². The van der Waals surface area contributed by atoms with Gasteiger partial charge in [-0.25, -0.2) is 4.79 Å². The number of hydrogen-bond acceptors (Lipinski definition) is 3. The number of halogens is 3. The first kappa shape index (κ1) is 13.4. The van der Waals surface area contributed by atoms with Crippen molar-refractivity contribution in [2.45, 2.75) is 26.1 Å². The lowest BCUT2D eigenvalue weighted by Gasteiger charge is -2.12. The molecular weight excluding hydrogens is 239 g/mol. The largest absolute Gasteiger partial charge is 0.464 e. The molecule has 0 saturated carbocycles. The maximum absolute atomic E-state index is 11.8. The molecule has 0 spiro atoms. The normalized spacial score (nSPS) is 13.2. The number of carbonyl (C=O) groups is 1. The topological polar surface area (TPSA) is 51.5 Å². The molecule has 1 amide bonds. The van der Waals surface area contributed by atoms with Crippen LogP contribution in [0.2, 0.25) is 0 Å². The van der Waals surface area contributed by atoms with Crippen LogP contribution in [0.4, 0.5) is 18.0 Å². The van der Waals surface area contributed by atoms with Crippen molar-refractivity contribution in [3.8, 4) is 0 Å². The average molecular weight is 251 g/mol. The summed E-state index contributed by atoms with van der Waals surface area (Å²) in [6.45, 7) is 1.69. The number of aryl methyl sites for hydroxylation is 1. The number of alkyl halides is 3. The molecule has 0 aliphatic rings. The minimum atomic E-state index is -4.53. The molecule has 0 fully saturated rings. The summed E-state index contributed by atoms with van der Waals surface area (Å²) in [4.78, 5) is 11.0. The van der Waals surface area contributed by atoms with E-state index >= 15 is 0 Å². The first-order valence-electron chi connectivity index (χ1n) is 4.84.